The molecule has 1 atom stereocenters. The fourth-order valence-electron chi connectivity index (χ4n) is 3.23. The minimum absolute atomic E-state index is 0.139. The summed E-state index contributed by atoms with van der Waals surface area (Å²) in [6, 6.07) is 0. The zero-order chi connectivity index (χ0) is 43.4. The van der Waals surface area contributed by atoms with E-state index in [2.05, 4.69) is 78.3 Å². The molecular formula is C43H103N3O8. The Labute approximate surface area is 339 Å². The molecule has 0 bridgehead atoms. The van der Waals surface area contributed by atoms with Crippen molar-refractivity contribution in [1.29, 1.82) is 0 Å². The van der Waals surface area contributed by atoms with Gasteiger partial charge in [-0.1, -0.05) is 89.5 Å². The Bertz CT molecular complexity index is 537. The number of methoxy groups -OCH3 is 5. The molecule has 0 saturated carbocycles. The number of hydrogen-bond donors (Lipinski definition) is 5. The molecule has 0 rings (SSSR count). The van der Waals surface area contributed by atoms with Gasteiger partial charge in [0, 0.05) is 79.8 Å². The maximum absolute atomic E-state index is 8.59. The van der Waals surface area contributed by atoms with Gasteiger partial charge in [-0.15, -0.1) is 0 Å². The molecule has 0 aliphatic heterocycles. The lowest BCUT2D eigenvalue weighted by Crippen LogP contribution is -2.23. The number of hydrogen-bond acceptors (Lipinski definition) is 11. The minimum Gasteiger partial charge on any atom is -0.396 e. The molecule has 0 aromatic heterocycles. The Morgan fingerprint density at radius 1 is 0.500 bits per heavy atom. The van der Waals surface area contributed by atoms with Gasteiger partial charge in [-0.25, -0.2) is 0 Å². The number of nitrogens with one attached hydrogen (secondary N) is 3. The van der Waals surface area contributed by atoms with Gasteiger partial charge in [0.2, 0.25) is 0 Å². The monoisotopic (exact) mass is 790 g/mol. The van der Waals surface area contributed by atoms with Crippen LogP contribution in [0.3, 0.4) is 0 Å². The predicted octanol–water partition coefficient (Wildman–Crippen LogP) is 7.71. The highest BCUT2D eigenvalue weighted by Gasteiger charge is 2.16. The molecule has 0 saturated heterocycles. The third-order valence-electron chi connectivity index (χ3n) is 7.18. The number of aliphatic hydroxyl groups excluding tert-OH is 2. The molecule has 0 aromatic carbocycles. The van der Waals surface area contributed by atoms with Gasteiger partial charge in [0.1, 0.15) is 0 Å². The maximum atomic E-state index is 8.59. The molecule has 11 heteroatoms. The van der Waals surface area contributed by atoms with Gasteiger partial charge < -0.3 is 54.6 Å². The van der Waals surface area contributed by atoms with Crippen LogP contribution in [0, 0.1) is 22.7 Å². The molecule has 0 aliphatic rings. The lowest BCUT2D eigenvalue weighted by atomic mass is 9.92. The van der Waals surface area contributed by atoms with E-state index in [0.29, 0.717) is 25.0 Å². The highest BCUT2D eigenvalue weighted by molar-refractivity contribution is 4.65. The molecule has 5 N–H and O–H groups in total. The van der Waals surface area contributed by atoms with Crippen LogP contribution in [0.2, 0.25) is 0 Å². The highest BCUT2D eigenvalue weighted by Crippen LogP contribution is 2.17. The SMILES string of the molecule is CCC(C)(C)CO.CCC(C)CO.CCCNCCC.CCCNCCOC.CCCNCCOCC.COCC(C)(C)COC.COCC(C)COC. The van der Waals surface area contributed by atoms with Crippen LogP contribution in [0.15, 0.2) is 0 Å². The summed E-state index contributed by atoms with van der Waals surface area (Å²) in [7, 11) is 8.53. The van der Waals surface area contributed by atoms with E-state index in [4.69, 9.17) is 38.6 Å². The quantitative estimate of drug-likeness (QED) is 0.0525. The smallest absolute Gasteiger partial charge is 0.0590 e. The Morgan fingerprint density at radius 2 is 0.889 bits per heavy atom. The zero-order valence-electron chi connectivity index (χ0n) is 39.8. The van der Waals surface area contributed by atoms with Crippen LogP contribution in [0.1, 0.15) is 129 Å². The second kappa shape index (κ2) is 61.8. The fourth-order valence-corrected chi connectivity index (χ4v) is 3.23. The summed E-state index contributed by atoms with van der Waals surface area (Å²) in [5, 5.41) is 26.7. The molecule has 0 heterocycles. The zero-order valence-corrected chi connectivity index (χ0v) is 39.8. The maximum Gasteiger partial charge on any atom is 0.0590 e. The van der Waals surface area contributed by atoms with Crippen molar-refractivity contribution < 1.29 is 38.6 Å². The molecule has 338 valence electrons. The summed E-state index contributed by atoms with van der Waals surface area (Å²) in [4.78, 5) is 0. The van der Waals surface area contributed by atoms with Crippen molar-refractivity contribution in [3.8, 4) is 0 Å². The molecule has 0 amide bonds. The summed E-state index contributed by atoms with van der Waals surface area (Å²) < 4.78 is 29.7. The van der Waals surface area contributed by atoms with E-state index in [1.54, 1.807) is 35.5 Å². The van der Waals surface area contributed by atoms with Crippen LogP contribution in [-0.2, 0) is 28.4 Å². The van der Waals surface area contributed by atoms with E-state index in [1.807, 2.05) is 27.7 Å². The molecule has 0 spiro atoms. The second-order valence-electron chi connectivity index (χ2n) is 14.9. The Kier molecular flexibility index (Phi) is 78.1. The van der Waals surface area contributed by atoms with Crippen molar-refractivity contribution in [3.63, 3.8) is 0 Å². The summed E-state index contributed by atoms with van der Waals surface area (Å²) >= 11 is 0. The lowest BCUT2D eigenvalue weighted by Gasteiger charge is -2.21. The van der Waals surface area contributed by atoms with Gasteiger partial charge in [-0.2, -0.15) is 0 Å². The largest absolute Gasteiger partial charge is 0.396 e. The number of ether oxygens (including phenoxy) is 6. The third kappa shape index (κ3) is 88.6. The molecule has 11 nitrogen and oxygen atoms in total. The first kappa shape index (κ1) is 68.3. The third-order valence-corrected chi connectivity index (χ3v) is 7.18. The van der Waals surface area contributed by atoms with Crippen LogP contribution >= 0.6 is 0 Å². The molecule has 0 radical (unpaired) electrons. The molecule has 0 fully saturated rings. The van der Waals surface area contributed by atoms with Gasteiger partial charge in [0.05, 0.1) is 39.6 Å². The van der Waals surface area contributed by atoms with E-state index >= 15 is 0 Å². The molecular weight excluding hydrogens is 686 g/mol. The first-order valence-corrected chi connectivity index (χ1v) is 21.0. The summed E-state index contributed by atoms with van der Waals surface area (Å²) in [5.41, 5.74) is 0.295. The predicted molar refractivity (Wildman–Crippen MR) is 236 cm³/mol. The molecule has 54 heavy (non-hydrogen) atoms. The first-order valence-electron chi connectivity index (χ1n) is 21.0. The first-order chi connectivity index (χ1) is 25.6. The normalized spacial score (nSPS) is 11.1. The van der Waals surface area contributed by atoms with Crippen molar-refractivity contribution >= 4 is 0 Å². The average Bonchev–Trinajstić information content (AvgIpc) is 3.15. The van der Waals surface area contributed by atoms with E-state index in [1.165, 1.54) is 38.8 Å². The van der Waals surface area contributed by atoms with Crippen LogP contribution in [0.5, 0.6) is 0 Å². The van der Waals surface area contributed by atoms with E-state index in [9.17, 15) is 0 Å². The highest BCUT2D eigenvalue weighted by atomic mass is 16.5. The van der Waals surface area contributed by atoms with Gasteiger partial charge in [-0.3, -0.25) is 0 Å². The Hall–Kier alpha value is -0.440. The lowest BCUT2D eigenvalue weighted by molar-refractivity contribution is 0.0341. The van der Waals surface area contributed by atoms with Crippen LogP contribution in [0.4, 0.5) is 0 Å². The topological polar surface area (TPSA) is 132 Å². The second-order valence-corrected chi connectivity index (χ2v) is 14.9. The standard InChI is InChI=1S/C7H17NO.C7H16O2.C6H15NO.C6H15N.C6H14O2.C6H14O.C5H12O/c1-3-5-8-6-7-9-4-2;1-7(2,5-8-3)6-9-4;1-3-4-7-5-6-8-2;1-3-5-7-6-4-2;1-6(4-7-2)5-8-3;1-4-6(2,3)5-7;1-3-5(2)4-6/h8H,3-7H2,1-2H3;5-6H2,1-4H3;7H,3-6H2,1-2H3;7H,3-6H2,1-2H3;6H,4-5H2,1-3H3;7H,4-5H2,1-3H3;5-6H,3-4H2,1-2H3. The van der Waals surface area contributed by atoms with Crippen molar-refractivity contribution in [1.82, 2.24) is 16.0 Å². The van der Waals surface area contributed by atoms with E-state index < -0.39 is 0 Å². The Balaban J connectivity index is -0.0000000958. The van der Waals surface area contributed by atoms with E-state index in [0.717, 1.165) is 85.3 Å². The molecule has 0 aromatic rings. The van der Waals surface area contributed by atoms with Crippen molar-refractivity contribution in [2.24, 2.45) is 22.7 Å². The van der Waals surface area contributed by atoms with Gasteiger partial charge in [-0.05, 0) is 76.5 Å². The average molecular weight is 790 g/mol. The minimum atomic E-state index is 0.139. The summed E-state index contributed by atoms with van der Waals surface area (Å²) in [6.45, 7) is 40.0. The van der Waals surface area contributed by atoms with Crippen molar-refractivity contribution in [2.75, 3.05) is 134 Å². The molecule has 1 unspecified atom stereocenters. The summed E-state index contributed by atoms with van der Waals surface area (Å²) in [6.07, 6.45) is 7.02. The van der Waals surface area contributed by atoms with Gasteiger partial charge in [0.25, 0.3) is 0 Å². The molecule has 0 aliphatic carbocycles. The van der Waals surface area contributed by atoms with Crippen LogP contribution in [0.25, 0.3) is 0 Å². The fraction of sp³-hybridized carbons (Fsp3) is 1.00. The van der Waals surface area contributed by atoms with Crippen molar-refractivity contribution in [3.05, 3.63) is 0 Å². The van der Waals surface area contributed by atoms with Crippen molar-refractivity contribution in [2.45, 2.75) is 129 Å². The number of aliphatic hydroxyl groups is 2. The van der Waals surface area contributed by atoms with Gasteiger partial charge in [0.15, 0.2) is 0 Å². The van der Waals surface area contributed by atoms with Crippen LogP contribution < -0.4 is 16.0 Å². The van der Waals surface area contributed by atoms with E-state index in [-0.39, 0.29) is 10.8 Å². The van der Waals surface area contributed by atoms with Crippen LogP contribution in [-0.4, -0.2) is 144 Å². The number of rotatable bonds is 27. The Morgan fingerprint density at radius 3 is 1.11 bits per heavy atom. The summed E-state index contributed by atoms with van der Waals surface area (Å²) in [5.74, 6) is 1.01. The van der Waals surface area contributed by atoms with Gasteiger partial charge >= 0.3 is 0 Å².